The second-order valence-electron chi connectivity index (χ2n) is 7.76. The highest BCUT2D eigenvalue weighted by molar-refractivity contribution is 6.01. The first-order valence-corrected chi connectivity index (χ1v) is 11.2. The summed E-state index contributed by atoms with van der Waals surface area (Å²) in [5.41, 5.74) is 5.17. The molecule has 0 fully saturated rings. The number of rotatable bonds is 6. The minimum absolute atomic E-state index is 0.138. The number of nitrogens with two attached hydrogens (primary N) is 2. The van der Waals surface area contributed by atoms with E-state index in [4.69, 9.17) is 31.5 Å². The molecule has 0 bridgehead atoms. The number of benzene rings is 3. The fraction of sp³-hybridized carbons (Fsp3) is 0.115. The first kappa shape index (κ1) is 34.6. The average Bonchev–Trinajstić information content (AvgIpc) is 2.92. The van der Waals surface area contributed by atoms with Crippen molar-refractivity contribution in [2.24, 2.45) is 21.9 Å². The lowest BCUT2D eigenvalue weighted by atomic mass is 9.98. The van der Waals surface area contributed by atoms with Gasteiger partial charge in [0.2, 0.25) is 0 Å². The lowest BCUT2D eigenvalue weighted by molar-refractivity contribution is -0.193. The number of hydrazone groups is 2. The maximum Gasteiger partial charge on any atom is 0.490 e. The van der Waals surface area contributed by atoms with Crippen LogP contribution in [0.25, 0.3) is 11.1 Å². The Morgan fingerprint density at radius 3 is 1.74 bits per heavy atom. The number of aliphatic carboxylic acids is 2. The molecule has 1 amide bonds. The normalized spacial score (nSPS) is 11.2. The molecular formula is C26H23F6N5O5. The molecule has 0 aliphatic carbocycles. The van der Waals surface area contributed by atoms with E-state index in [0.29, 0.717) is 12.1 Å². The van der Waals surface area contributed by atoms with E-state index in [1.807, 2.05) is 72.8 Å². The van der Waals surface area contributed by atoms with Gasteiger partial charge >= 0.3 is 24.3 Å². The van der Waals surface area contributed by atoms with E-state index in [-0.39, 0.29) is 5.91 Å². The van der Waals surface area contributed by atoms with Gasteiger partial charge in [0.05, 0.1) is 12.4 Å². The molecule has 0 radical (unpaired) electrons. The Kier molecular flexibility index (Phi) is 13.2. The number of nitrogens with zero attached hydrogens (tertiary/aromatic N) is 2. The molecule has 42 heavy (non-hydrogen) atoms. The second kappa shape index (κ2) is 16.0. The molecule has 0 atom stereocenters. The smallest absolute Gasteiger partial charge is 0.475 e. The van der Waals surface area contributed by atoms with Gasteiger partial charge in [0.25, 0.3) is 5.91 Å². The van der Waals surface area contributed by atoms with Crippen LogP contribution >= 0.6 is 0 Å². The van der Waals surface area contributed by atoms with Crippen LogP contribution in [0.4, 0.5) is 26.3 Å². The van der Waals surface area contributed by atoms with Crippen molar-refractivity contribution in [2.45, 2.75) is 18.9 Å². The van der Waals surface area contributed by atoms with Crippen molar-refractivity contribution in [3.63, 3.8) is 0 Å². The summed E-state index contributed by atoms with van der Waals surface area (Å²) in [6.45, 7) is 0.408. The lowest BCUT2D eigenvalue weighted by Gasteiger charge is -2.11. The highest BCUT2D eigenvalue weighted by Gasteiger charge is 2.38. The largest absolute Gasteiger partial charge is 0.490 e. The SMILES string of the molecule is NN=Cc1ccc(-c2ccccc2C(=O)NCc2cccc(C=NN)c2)cc1.O=C(O)C(F)(F)F.O=C(O)C(F)(F)F. The summed E-state index contributed by atoms with van der Waals surface area (Å²) in [4.78, 5) is 30.6. The van der Waals surface area contributed by atoms with Crippen LogP contribution in [0.1, 0.15) is 27.0 Å². The van der Waals surface area contributed by atoms with Crippen molar-refractivity contribution < 1.29 is 50.9 Å². The van der Waals surface area contributed by atoms with Gasteiger partial charge < -0.3 is 27.2 Å². The number of carboxylic acids is 2. The van der Waals surface area contributed by atoms with Gasteiger partial charge in [0.1, 0.15) is 0 Å². The zero-order valence-electron chi connectivity index (χ0n) is 21.2. The first-order valence-electron chi connectivity index (χ1n) is 11.2. The lowest BCUT2D eigenvalue weighted by Crippen LogP contribution is -2.23. The fourth-order valence-corrected chi connectivity index (χ4v) is 2.91. The third kappa shape index (κ3) is 12.2. The molecule has 0 unspecified atom stereocenters. The number of carbonyl (C=O) groups excluding carboxylic acids is 1. The minimum atomic E-state index is -5.08. The molecule has 10 nitrogen and oxygen atoms in total. The van der Waals surface area contributed by atoms with E-state index in [1.54, 1.807) is 12.4 Å². The molecule has 0 heterocycles. The Morgan fingerprint density at radius 1 is 0.738 bits per heavy atom. The molecule has 0 aliphatic heterocycles. The summed E-state index contributed by atoms with van der Waals surface area (Å²) in [5.74, 6) is 4.73. The van der Waals surface area contributed by atoms with Crippen LogP contribution in [0.15, 0.2) is 83.0 Å². The molecule has 0 aliphatic rings. The highest BCUT2D eigenvalue weighted by Crippen LogP contribution is 2.24. The number of hydrogen-bond donors (Lipinski definition) is 5. The number of halogens is 6. The Balaban J connectivity index is 0.000000522. The van der Waals surface area contributed by atoms with Crippen LogP contribution in [0.5, 0.6) is 0 Å². The average molecular weight is 599 g/mol. The molecule has 0 spiro atoms. The van der Waals surface area contributed by atoms with Crippen molar-refractivity contribution in [2.75, 3.05) is 0 Å². The van der Waals surface area contributed by atoms with Crippen LogP contribution in [0.3, 0.4) is 0 Å². The third-order valence-electron chi connectivity index (χ3n) is 4.73. The molecule has 16 heteroatoms. The van der Waals surface area contributed by atoms with Gasteiger partial charge in [-0.2, -0.15) is 36.5 Å². The van der Waals surface area contributed by atoms with Crippen molar-refractivity contribution in [1.82, 2.24) is 5.32 Å². The van der Waals surface area contributed by atoms with E-state index >= 15 is 0 Å². The van der Waals surface area contributed by atoms with Crippen molar-refractivity contribution in [3.05, 3.63) is 95.1 Å². The molecule has 3 aromatic rings. The van der Waals surface area contributed by atoms with Crippen molar-refractivity contribution >= 4 is 30.3 Å². The van der Waals surface area contributed by atoms with Gasteiger partial charge in [0.15, 0.2) is 0 Å². The molecule has 7 N–H and O–H groups in total. The van der Waals surface area contributed by atoms with Crippen LogP contribution < -0.4 is 17.0 Å². The monoisotopic (exact) mass is 599 g/mol. The maximum atomic E-state index is 12.8. The van der Waals surface area contributed by atoms with Gasteiger partial charge in [-0.05, 0) is 39.9 Å². The predicted molar refractivity (Wildman–Crippen MR) is 140 cm³/mol. The molecule has 3 rings (SSSR count). The summed E-state index contributed by atoms with van der Waals surface area (Å²) >= 11 is 0. The van der Waals surface area contributed by atoms with Crippen LogP contribution in [-0.2, 0) is 16.1 Å². The van der Waals surface area contributed by atoms with Gasteiger partial charge in [0, 0.05) is 12.1 Å². The zero-order valence-corrected chi connectivity index (χ0v) is 21.2. The standard InChI is InChI=1S/C22H21N5O.2C2HF3O2/c23-26-14-16-8-10-19(11-9-16)20-6-1-2-7-21(20)22(28)25-13-17-4-3-5-18(12-17)15-27-24;2*3-2(4,5)1(6)7/h1-12,14-15H,13,23-24H2,(H,25,28);2*(H,6,7). The van der Waals surface area contributed by atoms with Gasteiger partial charge in [-0.25, -0.2) is 9.59 Å². The molecule has 0 saturated heterocycles. The van der Waals surface area contributed by atoms with Crippen LogP contribution in [0, 0.1) is 0 Å². The Hall–Kier alpha value is -5.41. The Labute approximate surface area is 234 Å². The predicted octanol–water partition coefficient (Wildman–Crippen LogP) is 4.14. The molecular weight excluding hydrogens is 576 g/mol. The van der Waals surface area contributed by atoms with Crippen LogP contribution in [-0.4, -0.2) is 52.8 Å². The summed E-state index contributed by atoms with van der Waals surface area (Å²) < 4.78 is 63.5. The number of carboxylic acid groups (broad SMARTS) is 2. The molecule has 0 aromatic heterocycles. The Morgan fingerprint density at radius 2 is 1.24 bits per heavy atom. The maximum absolute atomic E-state index is 12.8. The van der Waals surface area contributed by atoms with E-state index < -0.39 is 24.3 Å². The summed E-state index contributed by atoms with van der Waals surface area (Å²) in [6, 6.07) is 22.9. The van der Waals surface area contributed by atoms with Gasteiger partial charge in [-0.15, -0.1) is 0 Å². The van der Waals surface area contributed by atoms with Gasteiger partial charge in [-0.1, -0.05) is 60.7 Å². The number of carbonyl (C=O) groups is 3. The third-order valence-corrected chi connectivity index (χ3v) is 4.73. The molecule has 224 valence electrons. The molecule has 0 saturated carbocycles. The van der Waals surface area contributed by atoms with Crippen molar-refractivity contribution in [3.8, 4) is 11.1 Å². The first-order chi connectivity index (χ1) is 19.6. The topological polar surface area (TPSA) is 180 Å². The van der Waals surface area contributed by atoms with Crippen molar-refractivity contribution in [1.29, 1.82) is 0 Å². The van der Waals surface area contributed by atoms with Crippen LogP contribution in [0.2, 0.25) is 0 Å². The Bertz CT molecular complexity index is 1380. The van der Waals surface area contributed by atoms with E-state index in [2.05, 4.69) is 15.5 Å². The zero-order chi connectivity index (χ0) is 31.9. The van der Waals surface area contributed by atoms with E-state index in [9.17, 15) is 31.1 Å². The quantitative estimate of drug-likeness (QED) is 0.122. The summed E-state index contributed by atoms with van der Waals surface area (Å²) in [7, 11) is 0. The highest BCUT2D eigenvalue weighted by atomic mass is 19.4. The number of nitrogens with one attached hydrogen (secondary N) is 1. The number of alkyl halides is 6. The fourth-order valence-electron chi connectivity index (χ4n) is 2.91. The number of hydrogen-bond acceptors (Lipinski definition) is 7. The minimum Gasteiger partial charge on any atom is -0.475 e. The van der Waals surface area contributed by atoms with E-state index in [0.717, 1.165) is 27.8 Å². The summed E-state index contributed by atoms with van der Waals surface area (Å²) in [5, 5.41) is 24.3. The van der Waals surface area contributed by atoms with E-state index in [1.165, 1.54) is 0 Å². The summed E-state index contributed by atoms with van der Waals surface area (Å²) in [6.07, 6.45) is -7.02. The second-order valence-corrected chi connectivity index (χ2v) is 7.76. The number of amides is 1. The van der Waals surface area contributed by atoms with Gasteiger partial charge in [-0.3, -0.25) is 4.79 Å². The molecule has 3 aromatic carbocycles.